The predicted octanol–water partition coefficient (Wildman–Crippen LogP) is 3.38. The minimum Gasteiger partial charge on any atom is -0.497 e. The van der Waals surface area contributed by atoms with Gasteiger partial charge in [0, 0.05) is 30.4 Å². The molecule has 3 aromatic rings. The van der Waals surface area contributed by atoms with Crippen LogP contribution in [0.2, 0.25) is 0 Å². The van der Waals surface area contributed by atoms with Crippen LogP contribution in [0, 0.1) is 0 Å². The number of aromatic nitrogens is 2. The smallest absolute Gasteiger partial charge is 0.321 e. The van der Waals surface area contributed by atoms with E-state index in [1.54, 1.807) is 18.1 Å². The van der Waals surface area contributed by atoms with E-state index in [0.29, 0.717) is 36.2 Å². The lowest BCUT2D eigenvalue weighted by Gasteiger charge is -2.36. The first-order valence-electron chi connectivity index (χ1n) is 8.32. The van der Waals surface area contributed by atoms with Gasteiger partial charge in [-0.3, -0.25) is 0 Å². The van der Waals surface area contributed by atoms with Gasteiger partial charge in [0.2, 0.25) is 11.7 Å². The van der Waals surface area contributed by atoms with E-state index in [4.69, 9.17) is 9.26 Å². The average molecular weight is 350 g/mol. The zero-order valence-electron chi connectivity index (χ0n) is 14.3. The lowest BCUT2D eigenvalue weighted by Crippen LogP contribution is -2.50. The highest BCUT2D eigenvalue weighted by molar-refractivity contribution is 5.90. The molecule has 1 saturated heterocycles. The highest BCUT2D eigenvalue weighted by Gasteiger charge is 2.35. The van der Waals surface area contributed by atoms with Crippen molar-refractivity contribution in [1.29, 1.82) is 0 Å². The highest BCUT2D eigenvalue weighted by Crippen LogP contribution is 2.28. The number of amides is 2. The van der Waals surface area contributed by atoms with Crippen molar-refractivity contribution in [2.24, 2.45) is 0 Å². The molecule has 7 nitrogen and oxygen atoms in total. The van der Waals surface area contributed by atoms with E-state index in [0.717, 1.165) is 5.56 Å². The summed E-state index contributed by atoms with van der Waals surface area (Å²) in [5.74, 6) is 1.90. The number of benzene rings is 2. The fourth-order valence-corrected chi connectivity index (χ4v) is 2.81. The monoisotopic (exact) mass is 350 g/mol. The zero-order chi connectivity index (χ0) is 17.9. The van der Waals surface area contributed by atoms with Gasteiger partial charge in [-0.25, -0.2) is 4.79 Å². The molecule has 1 N–H and O–H groups in total. The fraction of sp³-hybridized carbons (Fsp3) is 0.211. The van der Waals surface area contributed by atoms with Crippen LogP contribution in [0.5, 0.6) is 5.75 Å². The lowest BCUT2D eigenvalue weighted by molar-refractivity contribution is 0.147. The highest BCUT2D eigenvalue weighted by atomic mass is 16.5. The third kappa shape index (κ3) is 3.23. The van der Waals surface area contributed by atoms with Crippen molar-refractivity contribution in [3.63, 3.8) is 0 Å². The maximum Gasteiger partial charge on any atom is 0.321 e. The van der Waals surface area contributed by atoms with E-state index in [9.17, 15) is 4.79 Å². The van der Waals surface area contributed by atoms with Crippen molar-refractivity contribution in [1.82, 2.24) is 15.0 Å². The quantitative estimate of drug-likeness (QED) is 0.780. The van der Waals surface area contributed by atoms with Crippen molar-refractivity contribution >= 4 is 11.7 Å². The molecule has 132 valence electrons. The van der Waals surface area contributed by atoms with E-state index in [2.05, 4.69) is 15.5 Å². The van der Waals surface area contributed by atoms with Crippen molar-refractivity contribution in [3.05, 3.63) is 60.5 Å². The summed E-state index contributed by atoms with van der Waals surface area (Å²) in [6, 6.07) is 16.8. The maximum absolute atomic E-state index is 12.3. The lowest BCUT2D eigenvalue weighted by atomic mass is 10.0. The average Bonchev–Trinajstić information content (AvgIpc) is 3.11. The molecule has 0 radical (unpaired) electrons. The summed E-state index contributed by atoms with van der Waals surface area (Å²) in [7, 11) is 1.59. The van der Waals surface area contributed by atoms with Gasteiger partial charge in [-0.2, -0.15) is 4.98 Å². The molecule has 7 heteroatoms. The Labute approximate surface area is 150 Å². The molecule has 1 aliphatic heterocycles. The number of rotatable bonds is 4. The standard InChI is InChI=1S/C19H18N4O3/c1-25-16-9-5-8-15(10-16)20-19(24)23-11-14(12-23)18-21-17(22-26-18)13-6-3-2-4-7-13/h2-10,14H,11-12H2,1H3,(H,20,24). The molecule has 0 spiro atoms. The molecule has 0 aliphatic carbocycles. The summed E-state index contributed by atoms with van der Waals surface area (Å²) >= 11 is 0. The Bertz CT molecular complexity index is 904. The van der Waals surface area contributed by atoms with Crippen LogP contribution in [0.3, 0.4) is 0 Å². The molecule has 26 heavy (non-hydrogen) atoms. The van der Waals surface area contributed by atoms with Gasteiger partial charge in [0.15, 0.2) is 0 Å². The Morgan fingerprint density at radius 2 is 2.00 bits per heavy atom. The molecule has 0 atom stereocenters. The molecular weight excluding hydrogens is 332 g/mol. The van der Waals surface area contributed by atoms with Crippen LogP contribution in [-0.4, -0.2) is 41.3 Å². The molecule has 0 unspecified atom stereocenters. The summed E-state index contributed by atoms with van der Waals surface area (Å²) in [4.78, 5) is 18.5. The normalized spacial score (nSPS) is 14.0. The van der Waals surface area contributed by atoms with Crippen LogP contribution >= 0.6 is 0 Å². The SMILES string of the molecule is COc1cccc(NC(=O)N2CC(c3nc(-c4ccccc4)no3)C2)c1. The first-order valence-corrected chi connectivity index (χ1v) is 8.32. The first kappa shape index (κ1) is 16.1. The Morgan fingerprint density at radius 1 is 1.19 bits per heavy atom. The third-order valence-corrected chi connectivity index (χ3v) is 4.31. The van der Waals surface area contributed by atoms with Gasteiger partial charge in [-0.15, -0.1) is 0 Å². The maximum atomic E-state index is 12.3. The van der Waals surface area contributed by atoms with Crippen molar-refractivity contribution in [2.45, 2.75) is 5.92 Å². The number of nitrogens with zero attached hydrogens (tertiary/aromatic N) is 3. The molecule has 1 fully saturated rings. The Hall–Kier alpha value is -3.35. The van der Waals surface area contributed by atoms with Crippen LogP contribution in [0.1, 0.15) is 11.8 Å². The second-order valence-electron chi connectivity index (χ2n) is 6.09. The summed E-state index contributed by atoms with van der Waals surface area (Å²) in [6.07, 6.45) is 0. The molecule has 2 aromatic carbocycles. The Balaban J connectivity index is 1.35. The summed E-state index contributed by atoms with van der Waals surface area (Å²) in [6.45, 7) is 1.10. The van der Waals surface area contributed by atoms with Crippen molar-refractivity contribution in [3.8, 4) is 17.1 Å². The molecule has 2 heterocycles. The summed E-state index contributed by atoms with van der Waals surface area (Å²) in [5.41, 5.74) is 1.61. The van der Waals surface area contributed by atoms with Crippen molar-refractivity contribution in [2.75, 3.05) is 25.5 Å². The van der Waals surface area contributed by atoms with E-state index in [1.165, 1.54) is 0 Å². The predicted molar refractivity (Wildman–Crippen MR) is 96.1 cm³/mol. The zero-order valence-corrected chi connectivity index (χ0v) is 14.3. The second kappa shape index (κ2) is 6.87. The summed E-state index contributed by atoms with van der Waals surface area (Å²) < 4.78 is 10.5. The van der Waals surface area contributed by atoms with Crippen LogP contribution in [0.15, 0.2) is 59.1 Å². The number of ether oxygens (including phenoxy) is 1. The third-order valence-electron chi connectivity index (χ3n) is 4.31. The van der Waals surface area contributed by atoms with Crippen LogP contribution in [0.4, 0.5) is 10.5 Å². The molecule has 0 bridgehead atoms. The number of likely N-dealkylation sites (tertiary alicyclic amines) is 1. The number of methoxy groups -OCH3 is 1. The van der Waals surface area contributed by atoms with Gasteiger partial charge in [-0.1, -0.05) is 41.6 Å². The van der Waals surface area contributed by atoms with E-state index >= 15 is 0 Å². The molecule has 1 aliphatic rings. The molecule has 4 rings (SSSR count). The van der Waals surface area contributed by atoms with Gasteiger partial charge in [0.05, 0.1) is 13.0 Å². The second-order valence-corrected chi connectivity index (χ2v) is 6.09. The van der Waals surface area contributed by atoms with Gasteiger partial charge < -0.3 is 19.5 Å². The number of hydrogen-bond acceptors (Lipinski definition) is 5. The number of urea groups is 1. The van der Waals surface area contributed by atoms with E-state index in [1.807, 2.05) is 48.5 Å². The molecule has 2 amide bonds. The topological polar surface area (TPSA) is 80.5 Å². The van der Waals surface area contributed by atoms with Gasteiger partial charge in [0.1, 0.15) is 5.75 Å². The number of hydrogen-bond donors (Lipinski definition) is 1. The van der Waals surface area contributed by atoms with Gasteiger partial charge in [0.25, 0.3) is 0 Å². The molecule has 0 saturated carbocycles. The van der Waals surface area contributed by atoms with Gasteiger partial charge in [-0.05, 0) is 12.1 Å². The molecule has 1 aromatic heterocycles. The minimum absolute atomic E-state index is 0.0658. The first-order chi connectivity index (χ1) is 12.7. The Kier molecular flexibility index (Phi) is 4.27. The van der Waals surface area contributed by atoms with Crippen LogP contribution in [0.25, 0.3) is 11.4 Å². The Morgan fingerprint density at radius 3 is 2.77 bits per heavy atom. The van der Waals surface area contributed by atoms with Gasteiger partial charge >= 0.3 is 6.03 Å². The van der Waals surface area contributed by atoms with E-state index < -0.39 is 0 Å². The van der Waals surface area contributed by atoms with Crippen LogP contribution < -0.4 is 10.1 Å². The van der Waals surface area contributed by atoms with E-state index in [-0.39, 0.29) is 11.9 Å². The minimum atomic E-state index is -0.155. The number of anilines is 1. The number of carbonyl (C=O) groups excluding carboxylic acids is 1. The van der Waals surface area contributed by atoms with Crippen LogP contribution in [-0.2, 0) is 0 Å². The largest absolute Gasteiger partial charge is 0.497 e. The number of carbonyl (C=O) groups is 1. The molecular formula is C19H18N4O3. The van der Waals surface area contributed by atoms with Crippen molar-refractivity contribution < 1.29 is 14.1 Å². The number of nitrogens with one attached hydrogen (secondary N) is 1. The fourth-order valence-electron chi connectivity index (χ4n) is 2.81. The summed E-state index contributed by atoms with van der Waals surface area (Å²) in [5, 5.41) is 6.89.